The molecule has 38 heavy (non-hydrogen) atoms. The van der Waals surface area contributed by atoms with Gasteiger partial charge in [-0.2, -0.15) is 0 Å². The normalized spacial score (nSPS) is 11.7. The van der Waals surface area contributed by atoms with Crippen molar-refractivity contribution in [2.45, 2.75) is 24.8 Å². The van der Waals surface area contributed by atoms with Crippen molar-refractivity contribution < 1.29 is 36.2 Å². The Hall–Kier alpha value is -3.68. The Morgan fingerprint density at radius 2 is 1.66 bits per heavy atom. The van der Waals surface area contributed by atoms with Crippen molar-refractivity contribution in [1.82, 2.24) is 9.71 Å². The molecule has 0 saturated carbocycles. The summed E-state index contributed by atoms with van der Waals surface area (Å²) in [6.45, 7) is 3.21. The van der Waals surface area contributed by atoms with Crippen LogP contribution < -0.4 is 14.8 Å². The van der Waals surface area contributed by atoms with Crippen molar-refractivity contribution in [2.75, 3.05) is 5.32 Å². The van der Waals surface area contributed by atoms with E-state index in [0.29, 0.717) is 10.5 Å². The average Bonchev–Trinajstić information content (AvgIpc) is 2.76. The number of hydrogen-bond donors (Lipinski definition) is 3. The van der Waals surface area contributed by atoms with E-state index in [4.69, 9.17) is 4.74 Å². The lowest BCUT2D eigenvalue weighted by atomic mass is 10.1. The number of anilines is 2. The number of halogens is 4. The molecule has 0 saturated heterocycles. The molecular weight excluding hydrogens is 591 g/mol. The van der Waals surface area contributed by atoms with Crippen LogP contribution in [0.4, 0.5) is 24.5 Å². The van der Waals surface area contributed by atoms with E-state index in [0.717, 1.165) is 36.5 Å². The third kappa shape index (κ3) is 6.06. The van der Waals surface area contributed by atoms with Gasteiger partial charge in [0.2, 0.25) is 10.0 Å². The number of ether oxygens (including phenoxy) is 1. The molecule has 0 spiro atoms. The molecule has 8 nitrogen and oxygen atoms in total. The monoisotopic (exact) mass is 609 g/mol. The minimum absolute atomic E-state index is 0.00686. The molecule has 3 aromatic carbocycles. The summed E-state index contributed by atoms with van der Waals surface area (Å²) >= 11 is 3.18. The van der Waals surface area contributed by atoms with Gasteiger partial charge in [-0.25, -0.2) is 31.1 Å². The van der Waals surface area contributed by atoms with Gasteiger partial charge in [0, 0.05) is 46.7 Å². The molecular formula is C25H19BrF3N3O5S. The Bertz CT molecular complexity index is 1660. The van der Waals surface area contributed by atoms with E-state index in [2.05, 4.69) is 31.0 Å². The maximum absolute atomic E-state index is 15.2. The molecule has 4 aromatic rings. The molecule has 0 aliphatic carbocycles. The summed E-state index contributed by atoms with van der Waals surface area (Å²) in [5.41, 5.74) is -0.400. The Balaban J connectivity index is 1.90. The summed E-state index contributed by atoms with van der Waals surface area (Å²) < 4.78 is 76.9. The zero-order valence-corrected chi connectivity index (χ0v) is 22.1. The Morgan fingerprint density at radius 1 is 1.00 bits per heavy atom. The molecule has 0 unspecified atom stereocenters. The highest BCUT2D eigenvalue weighted by Crippen LogP contribution is 2.37. The Labute approximate surface area is 223 Å². The van der Waals surface area contributed by atoms with Crippen molar-refractivity contribution >= 4 is 54.2 Å². The number of aromatic nitrogens is 1. The van der Waals surface area contributed by atoms with Gasteiger partial charge >= 0.3 is 5.97 Å². The second-order valence-corrected chi connectivity index (χ2v) is 11.0. The molecule has 0 amide bonds. The number of pyridine rings is 1. The number of carbonyl (C=O) groups is 1. The predicted octanol–water partition coefficient (Wildman–Crippen LogP) is 6.34. The fourth-order valence-corrected chi connectivity index (χ4v) is 5.43. The number of rotatable bonds is 8. The number of nitrogens with one attached hydrogen (secondary N) is 2. The summed E-state index contributed by atoms with van der Waals surface area (Å²) in [5, 5.41) is 12.2. The number of sulfonamides is 1. The molecule has 0 aliphatic rings. The van der Waals surface area contributed by atoms with E-state index in [1.807, 2.05) is 0 Å². The van der Waals surface area contributed by atoms with Gasteiger partial charge in [0.05, 0.1) is 22.2 Å². The summed E-state index contributed by atoms with van der Waals surface area (Å²) in [5.74, 6) is -4.37. The van der Waals surface area contributed by atoms with Crippen LogP contribution in [0.3, 0.4) is 0 Å². The van der Waals surface area contributed by atoms with Gasteiger partial charge in [0.1, 0.15) is 33.8 Å². The van der Waals surface area contributed by atoms with Crippen LogP contribution in [0.5, 0.6) is 11.5 Å². The first kappa shape index (κ1) is 27.4. The van der Waals surface area contributed by atoms with E-state index in [-0.39, 0.29) is 39.3 Å². The molecule has 0 fully saturated rings. The van der Waals surface area contributed by atoms with Crippen LogP contribution in [0.15, 0.2) is 64.1 Å². The van der Waals surface area contributed by atoms with Crippen molar-refractivity contribution in [3.05, 3.63) is 82.2 Å². The highest BCUT2D eigenvalue weighted by atomic mass is 79.9. The van der Waals surface area contributed by atoms with Gasteiger partial charge in [-0.05, 0) is 38.1 Å². The van der Waals surface area contributed by atoms with Gasteiger partial charge in [-0.3, -0.25) is 4.98 Å². The van der Waals surface area contributed by atoms with Crippen LogP contribution in [0.25, 0.3) is 10.9 Å². The minimum atomic E-state index is -4.21. The van der Waals surface area contributed by atoms with E-state index >= 15 is 4.39 Å². The van der Waals surface area contributed by atoms with Crippen molar-refractivity contribution in [1.29, 1.82) is 0 Å². The maximum atomic E-state index is 15.2. The van der Waals surface area contributed by atoms with Crippen LogP contribution in [-0.4, -0.2) is 30.5 Å². The number of aromatic carboxylic acids is 1. The topological polar surface area (TPSA) is 118 Å². The second-order valence-electron chi connectivity index (χ2n) is 8.44. The lowest BCUT2D eigenvalue weighted by Gasteiger charge is -2.18. The van der Waals surface area contributed by atoms with Gasteiger partial charge < -0.3 is 15.2 Å². The standard InChI is InChI=1S/C25H19BrF3N3O5S/c1-12(2)32-38(35,36)22-11-30-21-6-14(26)5-20(29)23(21)24(22)31-17-3-13(25(33)34)4-18(10-17)37-19-8-15(27)7-16(28)9-19/h3-12,32H,1-2H3,(H,30,31)(H,33,34). The Morgan fingerprint density at radius 3 is 2.29 bits per heavy atom. The molecule has 0 radical (unpaired) electrons. The van der Waals surface area contributed by atoms with Gasteiger partial charge in [-0.1, -0.05) is 15.9 Å². The van der Waals surface area contributed by atoms with Crippen molar-refractivity contribution in [2.24, 2.45) is 0 Å². The van der Waals surface area contributed by atoms with Crippen LogP contribution >= 0.6 is 15.9 Å². The number of carboxylic acids is 1. The number of hydrogen-bond acceptors (Lipinski definition) is 6. The SMILES string of the molecule is CC(C)NS(=O)(=O)c1cnc2cc(Br)cc(F)c2c1Nc1cc(Oc2cc(F)cc(F)c2)cc(C(=O)O)c1. The van der Waals surface area contributed by atoms with Gasteiger partial charge in [0.15, 0.2) is 0 Å². The fourth-order valence-electron chi connectivity index (χ4n) is 3.65. The van der Waals surface area contributed by atoms with E-state index in [9.17, 15) is 27.1 Å². The van der Waals surface area contributed by atoms with Crippen LogP contribution in [-0.2, 0) is 10.0 Å². The molecule has 0 aliphatic heterocycles. The molecule has 0 atom stereocenters. The van der Waals surface area contributed by atoms with Crippen molar-refractivity contribution in [3.63, 3.8) is 0 Å². The summed E-state index contributed by atoms with van der Waals surface area (Å²) in [7, 11) is -4.21. The number of fused-ring (bicyclic) bond motifs is 1. The van der Waals surface area contributed by atoms with Gasteiger partial charge in [-0.15, -0.1) is 0 Å². The largest absolute Gasteiger partial charge is 0.478 e. The minimum Gasteiger partial charge on any atom is -0.478 e. The lowest BCUT2D eigenvalue weighted by Crippen LogP contribution is -2.30. The number of carboxylic acid groups (broad SMARTS) is 1. The molecule has 0 bridgehead atoms. The van der Waals surface area contributed by atoms with E-state index < -0.39 is 44.4 Å². The molecule has 1 aromatic heterocycles. The third-order valence-corrected chi connectivity index (χ3v) is 7.15. The lowest BCUT2D eigenvalue weighted by molar-refractivity contribution is 0.0696. The van der Waals surface area contributed by atoms with E-state index in [1.54, 1.807) is 13.8 Å². The zero-order valence-electron chi connectivity index (χ0n) is 19.7. The van der Waals surface area contributed by atoms with Gasteiger partial charge in [0.25, 0.3) is 0 Å². The third-order valence-electron chi connectivity index (χ3n) is 5.03. The van der Waals surface area contributed by atoms with Crippen molar-refractivity contribution in [3.8, 4) is 11.5 Å². The highest BCUT2D eigenvalue weighted by molar-refractivity contribution is 9.10. The fraction of sp³-hybridized carbons (Fsp3) is 0.120. The van der Waals surface area contributed by atoms with E-state index in [1.165, 1.54) is 12.1 Å². The number of nitrogens with zero attached hydrogens (tertiary/aromatic N) is 1. The predicted molar refractivity (Wildman–Crippen MR) is 138 cm³/mol. The smallest absolute Gasteiger partial charge is 0.335 e. The Kier molecular flexibility index (Phi) is 7.63. The van der Waals surface area contributed by atoms with Crippen LogP contribution in [0, 0.1) is 17.5 Å². The molecule has 4 rings (SSSR count). The first-order valence-electron chi connectivity index (χ1n) is 10.9. The molecule has 1 heterocycles. The van der Waals surface area contributed by atoms with Crippen LogP contribution in [0.2, 0.25) is 0 Å². The summed E-state index contributed by atoms with van der Waals surface area (Å²) in [6.07, 6.45) is 1.05. The van der Waals surface area contributed by atoms with Crippen LogP contribution in [0.1, 0.15) is 24.2 Å². The molecule has 13 heteroatoms. The number of benzene rings is 3. The quantitative estimate of drug-likeness (QED) is 0.213. The summed E-state index contributed by atoms with van der Waals surface area (Å²) in [6, 6.07) is 8.09. The molecule has 198 valence electrons. The first-order valence-corrected chi connectivity index (χ1v) is 13.2. The zero-order chi connectivity index (χ0) is 27.8. The highest BCUT2D eigenvalue weighted by Gasteiger charge is 2.25. The first-order chi connectivity index (χ1) is 17.8. The maximum Gasteiger partial charge on any atom is 0.335 e. The molecule has 3 N–H and O–H groups in total. The summed E-state index contributed by atoms with van der Waals surface area (Å²) in [4.78, 5) is 15.5. The second kappa shape index (κ2) is 10.6. The average molecular weight is 610 g/mol.